The first-order valence-corrected chi connectivity index (χ1v) is 5.91. The molecule has 0 unspecified atom stereocenters. The zero-order chi connectivity index (χ0) is 10.8. The van der Waals surface area contributed by atoms with Crippen molar-refractivity contribution in [3.63, 3.8) is 0 Å². The van der Waals surface area contributed by atoms with E-state index in [0.29, 0.717) is 5.35 Å². The van der Waals surface area contributed by atoms with Gasteiger partial charge in [-0.25, -0.2) is 0 Å². The molecule has 4 heteroatoms. The van der Waals surface area contributed by atoms with Crippen LogP contribution in [0.15, 0.2) is 33.5 Å². The molecule has 0 atom stereocenters. The molecule has 1 N–H and O–H groups in total. The second-order valence-corrected chi connectivity index (χ2v) is 4.98. The van der Waals surface area contributed by atoms with E-state index in [9.17, 15) is 4.79 Å². The molecule has 76 valence electrons. The van der Waals surface area contributed by atoms with Crippen LogP contribution in [0, 0.1) is 0 Å². The van der Waals surface area contributed by atoms with Gasteiger partial charge in [-0.15, -0.1) is 0 Å². The lowest BCUT2D eigenvalue weighted by Crippen LogP contribution is -2.19. The maximum atomic E-state index is 11.1. The molecule has 15 heavy (non-hydrogen) atoms. The summed E-state index contributed by atoms with van der Waals surface area (Å²) in [4.78, 5) is 13.6. The third-order valence-corrected chi connectivity index (χ3v) is 3.32. The molecule has 0 amide bonds. The molecule has 0 saturated heterocycles. The summed E-state index contributed by atoms with van der Waals surface area (Å²) in [6.07, 6.45) is 1.94. The quantitative estimate of drug-likeness (QED) is 0.843. The number of hydrogen-bond acceptors (Lipinski definition) is 2. The number of thiazole rings is 1. The van der Waals surface area contributed by atoms with Crippen LogP contribution in [-0.2, 0) is 0 Å². The van der Waals surface area contributed by atoms with E-state index in [4.69, 9.17) is 0 Å². The SMILES string of the molecule is C=c1[nH]c(=O)s/c1=C\c1ccc(Br)cc1. The predicted octanol–water partition coefficient (Wildman–Crippen LogP) is 1.44. The van der Waals surface area contributed by atoms with Gasteiger partial charge in [0.2, 0.25) is 0 Å². The second kappa shape index (κ2) is 4.16. The molecular weight excluding hydrogens is 274 g/mol. The normalized spacial score (nSPS) is 11.9. The lowest BCUT2D eigenvalue weighted by Gasteiger charge is -1.91. The van der Waals surface area contributed by atoms with Crippen molar-refractivity contribution < 1.29 is 0 Å². The highest BCUT2D eigenvalue weighted by Gasteiger charge is 1.92. The molecule has 0 aliphatic heterocycles. The van der Waals surface area contributed by atoms with Gasteiger partial charge in [0.15, 0.2) is 0 Å². The minimum atomic E-state index is -0.0663. The van der Waals surface area contributed by atoms with E-state index in [1.54, 1.807) is 0 Å². The van der Waals surface area contributed by atoms with Crippen LogP contribution in [0.2, 0.25) is 0 Å². The Morgan fingerprint density at radius 3 is 2.53 bits per heavy atom. The molecule has 0 spiro atoms. The molecule has 2 aromatic rings. The lowest BCUT2D eigenvalue weighted by atomic mass is 10.2. The third kappa shape index (κ3) is 2.46. The Morgan fingerprint density at radius 2 is 2.00 bits per heavy atom. The Kier molecular flexibility index (Phi) is 2.88. The van der Waals surface area contributed by atoms with Gasteiger partial charge >= 0.3 is 4.87 Å². The van der Waals surface area contributed by atoms with Crippen molar-refractivity contribution in [2.24, 2.45) is 0 Å². The van der Waals surface area contributed by atoms with Crippen LogP contribution in [0.5, 0.6) is 0 Å². The van der Waals surface area contributed by atoms with Crippen molar-refractivity contribution in [2.45, 2.75) is 0 Å². The van der Waals surface area contributed by atoms with Crippen molar-refractivity contribution in [3.05, 3.63) is 53.9 Å². The zero-order valence-electron chi connectivity index (χ0n) is 7.79. The number of aromatic amines is 1. The van der Waals surface area contributed by atoms with E-state index >= 15 is 0 Å². The molecule has 0 radical (unpaired) electrons. The van der Waals surface area contributed by atoms with Gasteiger partial charge < -0.3 is 4.98 Å². The molecule has 0 saturated carbocycles. The predicted molar refractivity (Wildman–Crippen MR) is 67.4 cm³/mol. The summed E-state index contributed by atoms with van der Waals surface area (Å²) in [5, 5.41) is 0.674. The van der Waals surface area contributed by atoms with E-state index in [1.807, 2.05) is 30.3 Å². The standard InChI is InChI=1S/C11H8BrNOS/c1-7-10(15-11(14)13-7)6-8-2-4-9(12)5-3-8/h2-6H,1H2,(H,13,14)/b10-6-. The fraction of sp³-hybridized carbons (Fsp3) is 0. The Bertz CT molecular complexity index is 624. The van der Waals surface area contributed by atoms with E-state index in [1.165, 1.54) is 11.3 Å². The fourth-order valence-corrected chi connectivity index (χ4v) is 2.21. The largest absolute Gasteiger partial charge is 0.313 e. The molecular formula is C11H8BrNOS. The Hall–Kier alpha value is -1.13. The summed E-state index contributed by atoms with van der Waals surface area (Å²) in [7, 11) is 0. The van der Waals surface area contributed by atoms with Crippen molar-refractivity contribution in [3.8, 4) is 0 Å². The van der Waals surface area contributed by atoms with Crippen LogP contribution >= 0.6 is 27.3 Å². The van der Waals surface area contributed by atoms with E-state index in [-0.39, 0.29) is 4.87 Å². The molecule has 0 fully saturated rings. The maximum absolute atomic E-state index is 11.1. The first-order valence-electron chi connectivity index (χ1n) is 4.30. The van der Waals surface area contributed by atoms with E-state index < -0.39 is 0 Å². The van der Waals surface area contributed by atoms with Crippen LogP contribution in [0.25, 0.3) is 12.7 Å². The number of aromatic nitrogens is 1. The average Bonchev–Trinajstić information content (AvgIpc) is 2.49. The molecule has 0 bridgehead atoms. The molecule has 0 aliphatic carbocycles. The fourth-order valence-electron chi connectivity index (χ4n) is 1.20. The minimum Gasteiger partial charge on any atom is -0.313 e. The van der Waals surface area contributed by atoms with Gasteiger partial charge in [-0.2, -0.15) is 0 Å². The summed E-state index contributed by atoms with van der Waals surface area (Å²) >= 11 is 4.54. The second-order valence-electron chi connectivity index (χ2n) is 3.05. The summed E-state index contributed by atoms with van der Waals surface area (Å²) in [6, 6.07) is 7.88. The lowest BCUT2D eigenvalue weighted by molar-refractivity contribution is 1.27. The van der Waals surface area contributed by atoms with Crippen molar-refractivity contribution in [2.75, 3.05) is 0 Å². The number of H-pyrrole nitrogens is 1. The number of rotatable bonds is 1. The zero-order valence-corrected chi connectivity index (χ0v) is 10.2. The van der Waals surface area contributed by atoms with Gasteiger partial charge in [0.1, 0.15) is 0 Å². The summed E-state index contributed by atoms with van der Waals surface area (Å²) in [5.41, 5.74) is 1.05. The maximum Gasteiger partial charge on any atom is 0.305 e. The van der Waals surface area contributed by atoms with E-state index in [2.05, 4.69) is 27.5 Å². The van der Waals surface area contributed by atoms with Gasteiger partial charge in [-0.3, -0.25) is 4.79 Å². The highest BCUT2D eigenvalue weighted by atomic mass is 79.9. The smallest absolute Gasteiger partial charge is 0.305 e. The first-order chi connectivity index (χ1) is 7.15. The van der Waals surface area contributed by atoms with Crippen LogP contribution in [0.1, 0.15) is 5.56 Å². The third-order valence-electron chi connectivity index (χ3n) is 1.92. The molecule has 2 nitrogen and oxygen atoms in total. The number of halogens is 1. The first kappa shape index (κ1) is 10.4. The van der Waals surface area contributed by atoms with Crippen LogP contribution in [-0.4, -0.2) is 4.98 Å². The molecule has 1 heterocycles. The number of nitrogens with one attached hydrogen (secondary N) is 1. The van der Waals surface area contributed by atoms with Gasteiger partial charge in [-0.05, 0) is 23.8 Å². The van der Waals surface area contributed by atoms with Gasteiger partial charge in [0.05, 0.1) is 9.88 Å². The topological polar surface area (TPSA) is 32.9 Å². The molecule has 2 rings (SSSR count). The Morgan fingerprint density at radius 1 is 1.33 bits per heavy atom. The highest BCUT2D eigenvalue weighted by molar-refractivity contribution is 9.10. The van der Waals surface area contributed by atoms with Crippen molar-refractivity contribution in [1.82, 2.24) is 4.98 Å². The van der Waals surface area contributed by atoms with E-state index in [0.717, 1.165) is 14.6 Å². The van der Waals surface area contributed by atoms with Crippen LogP contribution in [0.4, 0.5) is 0 Å². The van der Waals surface area contributed by atoms with Gasteiger partial charge in [-0.1, -0.05) is 46.0 Å². The summed E-state index contributed by atoms with van der Waals surface area (Å²) < 4.78 is 1.92. The minimum absolute atomic E-state index is 0.0663. The highest BCUT2D eigenvalue weighted by Crippen LogP contribution is 2.10. The average molecular weight is 282 g/mol. The van der Waals surface area contributed by atoms with Crippen molar-refractivity contribution >= 4 is 39.9 Å². The molecule has 1 aromatic heterocycles. The molecule has 1 aromatic carbocycles. The number of benzene rings is 1. The summed E-state index contributed by atoms with van der Waals surface area (Å²) in [6.45, 7) is 3.77. The van der Waals surface area contributed by atoms with Gasteiger partial charge in [0, 0.05) is 4.47 Å². The van der Waals surface area contributed by atoms with Crippen LogP contribution < -0.4 is 14.8 Å². The molecule has 0 aliphatic rings. The Balaban J connectivity index is 2.55. The van der Waals surface area contributed by atoms with Crippen molar-refractivity contribution in [1.29, 1.82) is 0 Å². The number of hydrogen-bond donors (Lipinski definition) is 1. The monoisotopic (exact) mass is 281 g/mol. The Labute approximate surface area is 98.7 Å². The van der Waals surface area contributed by atoms with Gasteiger partial charge in [0.25, 0.3) is 0 Å². The summed E-state index contributed by atoms with van der Waals surface area (Å²) in [5.74, 6) is 0. The van der Waals surface area contributed by atoms with Crippen LogP contribution in [0.3, 0.4) is 0 Å².